The third-order valence-corrected chi connectivity index (χ3v) is 2.82. The Labute approximate surface area is 96.2 Å². The second kappa shape index (κ2) is 3.21. The number of nitrogens with two attached hydrogens (primary N) is 2. The summed E-state index contributed by atoms with van der Waals surface area (Å²) >= 11 is 0. The largest absolute Gasteiger partial charge is 0 e. The average molecular weight is 584 g/mol. The molecular formula is C2H9N2OPU2. The van der Waals surface area contributed by atoms with Gasteiger partial charge in [-0.05, 0) is 0 Å². The van der Waals surface area contributed by atoms with Gasteiger partial charge in [0, 0.05) is 62.2 Å². The zero-order chi connectivity index (χ0) is 4.86. The van der Waals surface area contributed by atoms with Crippen LogP contribution in [0.25, 0.3) is 0 Å². The molecule has 46 valence electrons. The Balaban J connectivity index is 0. The van der Waals surface area contributed by atoms with Crippen molar-refractivity contribution in [3.05, 3.63) is 0 Å². The molecule has 1 fully saturated rings. The summed E-state index contributed by atoms with van der Waals surface area (Å²) in [4.78, 5) is 8.78. The first-order chi connectivity index (χ1) is 2.47. The molecule has 0 aromatic carbocycles. The molecule has 0 aromatic heterocycles. The number of hydrogen-bond donors (Lipinski definition) is 3. The van der Waals surface area contributed by atoms with Crippen LogP contribution in [0.3, 0.4) is 0 Å². The Bertz CT molecular complexity index is 81.8. The quantitative estimate of drug-likeness (QED) is 0.327. The van der Waals surface area contributed by atoms with Crippen LogP contribution < -0.4 is 11.0 Å². The normalized spacial score (nSPS) is 32.1. The topological polar surface area (TPSA) is 72.3 Å². The van der Waals surface area contributed by atoms with E-state index >= 15 is 0 Å². The van der Waals surface area contributed by atoms with E-state index in [4.69, 9.17) is 15.9 Å². The molecule has 0 unspecified atom stereocenters. The predicted octanol–water partition coefficient (Wildman–Crippen LogP) is -0.792. The molecule has 1 rings (SSSR count). The van der Waals surface area contributed by atoms with Crippen molar-refractivity contribution in [3.8, 4) is 0 Å². The molecule has 0 amide bonds. The molecule has 1 aliphatic rings. The van der Waals surface area contributed by atoms with Crippen molar-refractivity contribution in [1.82, 2.24) is 0 Å². The monoisotopic (exact) mass is 584 g/mol. The predicted molar refractivity (Wildman–Crippen MR) is 27.2 cm³/mol. The van der Waals surface area contributed by atoms with Crippen LogP contribution in [0, 0.1) is 62.2 Å². The minimum absolute atomic E-state index is 0. The van der Waals surface area contributed by atoms with E-state index in [0.717, 1.165) is 0 Å². The molecule has 8 heavy (non-hydrogen) atoms. The SMILES string of the molecule is NP1(N)(O)CC1.[U].[U]. The van der Waals surface area contributed by atoms with Crippen LogP contribution >= 0.6 is 7.13 Å². The molecule has 0 bridgehead atoms. The first kappa shape index (κ1) is 13.0. The van der Waals surface area contributed by atoms with Crippen molar-refractivity contribution in [2.24, 2.45) is 11.0 Å². The fraction of sp³-hybridized carbons (Fsp3) is 1.00. The van der Waals surface area contributed by atoms with E-state index in [2.05, 4.69) is 0 Å². The fourth-order valence-electron chi connectivity index (χ4n) is 0.160. The summed E-state index contributed by atoms with van der Waals surface area (Å²) in [5, 5.41) is 0. The molecule has 0 atom stereocenters. The second-order valence-electron chi connectivity index (χ2n) is 2.06. The third-order valence-electron chi connectivity index (χ3n) is 0.940. The molecule has 0 aliphatic carbocycles. The van der Waals surface area contributed by atoms with Crippen molar-refractivity contribution < 1.29 is 67.1 Å². The van der Waals surface area contributed by atoms with Crippen LogP contribution in [-0.4, -0.2) is 17.2 Å². The molecule has 0 spiro atoms. The number of rotatable bonds is 0. The summed E-state index contributed by atoms with van der Waals surface area (Å²) in [7, 11) is -2.80. The molecule has 0 aromatic rings. The van der Waals surface area contributed by atoms with Crippen molar-refractivity contribution in [2.45, 2.75) is 0 Å². The molecular weight excluding hydrogens is 575 g/mol. The van der Waals surface area contributed by atoms with Gasteiger partial charge in [0.05, 0.1) is 0 Å². The van der Waals surface area contributed by atoms with Crippen LogP contribution in [0.5, 0.6) is 0 Å². The zero-order valence-electron chi connectivity index (χ0n) is 4.46. The van der Waals surface area contributed by atoms with Gasteiger partial charge in [-0.25, -0.2) is 0 Å². The maximum absolute atomic E-state index is 8.78. The Morgan fingerprint density at radius 1 is 1.12 bits per heavy atom. The summed E-state index contributed by atoms with van der Waals surface area (Å²) in [6, 6.07) is 0. The van der Waals surface area contributed by atoms with Crippen LogP contribution in [-0.2, 0) is 0 Å². The van der Waals surface area contributed by atoms with Gasteiger partial charge < -0.3 is 0 Å². The summed E-state index contributed by atoms with van der Waals surface area (Å²) in [5.74, 6) is 0. The van der Waals surface area contributed by atoms with Crippen LogP contribution in [0.15, 0.2) is 0 Å². The smallest absolute Gasteiger partial charge is 0 e. The van der Waals surface area contributed by atoms with Gasteiger partial charge in [-0.3, -0.25) is 0 Å². The van der Waals surface area contributed by atoms with Crippen LogP contribution in [0.2, 0.25) is 0 Å². The molecule has 1 saturated heterocycles. The molecule has 1 heterocycles. The standard InChI is InChI=1S/C2H9N2OP.2U/c3-6(4,5)1-2-6;;/h5H,1-4H2;;. The van der Waals surface area contributed by atoms with Gasteiger partial charge in [-0.2, -0.15) is 0 Å². The van der Waals surface area contributed by atoms with E-state index in [1.165, 1.54) is 0 Å². The maximum atomic E-state index is 8.78. The Morgan fingerprint density at radius 3 is 1.25 bits per heavy atom. The van der Waals surface area contributed by atoms with Crippen LogP contribution in [0.1, 0.15) is 0 Å². The van der Waals surface area contributed by atoms with Crippen LogP contribution in [0.4, 0.5) is 0 Å². The maximum Gasteiger partial charge on any atom is 0 e. The van der Waals surface area contributed by atoms with Gasteiger partial charge in [0.15, 0.2) is 0 Å². The molecule has 0 radical (unpaired) electrons. The molecule has 0 saturated carbocycles. The minimum atomic E-state index is -2.80. The minimum Gasteiger partial charge on any atom is 0 e. The van der Waals surface area contributed by atoms with Crippen molar-refractivity contribution in [3.63, 3.8) is 0 Å². The third kappa shape index (κ3) is 5.22. The Hall–Kier alpha value is 2.41. The first-order valence-corrected chi connectivity index (χ1v) is 4.55. The zero-order valence-corrected chi connectivity index (χ0v) is 13.7. The number of hydrogen-bond acceptors (Lipinski definition) is 3. The van der Waals surface area contributed by atoms with Crippen molar-refractivity contribution in [2.75, 3.05) is 12.3 Å². The summed E-state index contributed by atoms with van der Waals surface area (Å²) in [6.45, 7) is 0. The Kier molecular flexibility index (Phi) is 5.23. The Morgan fingerprint density at radius 2 is 1.25 bits per heavy atom. The second-order valence-corrected chi connectivity index (χ2v) is 6.19. The summed E-state index contributed by atoms with van der Waals surface area (Å²) < 4.78 is 0. The molecule has 5 N–H and O–H groups in total. The van der Waals surface area contributed by atoms with Gasteiger partial charge in [-0.15, -0.1) is 0 Å². The van der Waals surface area contributed by atoms with E-state index in [1.54, 1.807) is 0 Å². The average Bonchev–Trinajstić information content (AvgIpc) is 1.73. The van der Waals surface area contributed by atoms with Gasteiger partial charge in [0.2, 0.25) is 0 Å². The van der Waals surface area contributed by atoms with E-state index in [1.807, 2.05) is 0 Å². The van der Waals surface area contributed by atoms with E-state index in [-0.39, 0.29) is 62.2 Å². The molecule has 1 aliphatic heterocycles. The van der Waals surface area contributed by atoms with Gasteiger partial charge in [0.1, 0.15) is 0 Å². The van der Waals surface area contributed by atoms with Gasteiger partial charge in [-0.1, -0.05) is 0 Å². The van der Waals surface area contributed by atoms with E-state index in [0.29, 0.717) is 12.3 Å². The van der Waals surface area contributed by atoms with Crippen molar-refractivity contribution in [1.29, 1.82) is 0 Å². The van der Waals surface area contributed by atoms with E-state index < -0.39 is 7.13 Å². The fourth-order valence-corrected chi connectivity index (χ4v) is 1.44. The first-order valence-electron chi connectivity index (χ1n) is 1.85. The summed E-state index contributed by atoms with van der Waals surface area (Å²) in [5.41, 5.74) is 10.3. The van der Waals surface area contributed by atoms with Gasteiger partial charge >= 0.3 is 35.4 Å². The van der Waals surface area contributed by atoms with E-state index in [9.17, 15) is 0 Å². The summed E-state index contributed by atoms with van der Waals surface area (Å²) in [6.07, 6.45) is 1.32. The van der Waals surface area contributed by atoms with Crippen molar-refractivity contribution >= 4 is 7.13 Å². The molecule has 6 heteroatoms. The van der Waals surface area contributed by atoms with Gasteiger partial charge in [0.25, 0.3) is 0 Å². The molecule has 3 nitrogen and oxygen atoms in total.